The number of nitrogens with one attached hydrogen (secondary N) is 1. The third-order valence-electron chi connectivity index (χ3n) is 2.38. The van der Waals surface area contributed by atoms with E-state index < -0.39 is 0 Å². The number of ether oxygens (including phenoxy) is 2. The van der Waals surface area contributed by atoms with E-state index in [1.807, 2.05) is 24.3 Å². The van der Waals surface area contributed by atoms with Crippen molar-refractivity contribution in [1.29, 1.82) is 0 Å². The summed E-state index contributed by atoms with van der Waals surface area (Å²) in [5.41, 5.74) is 0.952. The highest BCUT2D eigenvalue weighted by molar-refractivity contribution is 5.71. The maximum absolute atomic E-state index is 11.4. The molecular weight excluding hydrogens is 230 g/mol. The van der Waals surface area contributed by atoms with Crippen LogP contribution < -0.4 is 10.1 Å². The fourth-order valence-corrected chi connectivity index (χ4v) is 1.40. The molecule has 0 aromatic heterocycles. The van der Waals surface area contributed by atoms with Crippen LogP contribution in [0.2, 0.25) is 0 Å². The second-order valence-electron chi connectivity index (χ2n) is 4.53. The maximum atomic E-state index is 11.4. The zero-order valence-corrected chi connectivity index (χ0v) is 11.2. The fraction of sp³-hybridized carbons (Fsp3) is 0.500. The summed E-state index contributed by atoms with van der Waals surface area (Å²) < 4.78 is 10.2. The van der Waals surface area contributed by atoms with Gasteiger partial charge in [-0.3, -0.25) is 4.79 Å². The summed E-state index contributed by atoms with van der Waals surface area (Å²) in [6.45, 7) is 5.56. The van der Waals surface area contributed by atoms with Crippen molar-refractivity contribution in [3.63, 3.8) is 0 Å². The lowest BCUT2D eigenvalue weighted by Gasteiger charge is -2.08. The lowest BCUT2D eigenvalue weighted by atomic mass is 10.2. The summed E-state index contributed by atoms with van der Waals surface area (Å²) in [7, 11) is 1.62. The molecule has 1 aromatic carbocycles. The standard InChI is InChI=1S/C14H21NO3/c1-11(2)8-15-9-14(16)18-10-12-4-6-13(17-3)7-5-12/h4-7,11,15H,8-10H2,1-3H3. The van der Waals surface area contributed by atoms with Gasteiger partial charge < -0.3 is 14.8 Å². The van der Waals surface area contributed by atoms with Gasteiger partial charge in [0.05, 0.1) is 13.7 Å². The largest absolute Gasteiger partial charge is 0.497 e. The SMILES string of the molecule is COc1ccc(COC(=O)CNCC(C)C)cc1. The van der Waals surface area contributed by atoms with Crippen molar-refractivity contribution in [3.05, 3.63) is 29.8 Å². The Bertz CT molecular complexity index is 360. The zero-order chi connectivity index (χ0) is 13.4. The van der Waals surface area contributed by atoms with Crippen molar-refractivity contribution in [1.82, 2.24) is 5.32 Å². The Balaban J connectivity index is 2.24. The lowest BCUT2D eigenvalue weighted by molar-refractivity contribution is -0.143. The highest BCUT2D eigenvalue weighted by Crippen LogP contribution is 2.11. The first-order chi connectivity index (χ1) is 8.61. The van der Waals surface area contributed by atoms with E-state index in [0.717, 1.165) is 17.9 Å². The molecule has 0 aliphatic carbocycles. The first-order valence-corrected chi connectivity index (χ1v) is 6.11. The molecule has 18 heavy (non-hydrogen) atoms. The average molecular weight is 251 g/mol. The molecule has 100 valence electrons. The van der Waals surface area contributed by atoms with Gasteiger partial charge in [-0.25, -0.2) is 0 Å². The fourth-order valence-electron chi connectivity index (χ4n) is 1.40. The third-order valence-corrected chi connectivity index (χ3v) is 2.38. The summed E-state index contributed by atoms with van der Waals surface area (Å²) >= 11 is 0. The Kier molecular flexibility index (Phi) is 6.22. The minimum atomic E-state index is -0.230. The van der Waals surface area contributed by atoms with Crippen molar-refractivity contribution in [2.75, 3.05) is 20.2 Å². The van der Waals surface area contributed by atoms with Crippen LogP contribution in [0.1, 0.15) is 19.4 Å². The van der Waals surface area contributed by atoms with Crippen LogP contribution in [0.3, 0.4) is 0 Å². The number of hydrogen-bond acceptors (Lipinski definition) is 4. The average Bonchev–Trinajstić information content (AvgIpc) is 2.36. The van der Waals surface area contributed by atoms with Crippen molar-refractivity contribution in [2.45, 2.75) is 20.5 Å². The van der Waals surface area contributed by atoms with Gasteiger partial charge >= 0.3 is 5.97 Å². The van der Waals surface area contributed by atoms with Crippen molar-refractivity contribution in [3.8, 4) is 5.75 Å². The molecule has 0 bridgehead atoms. The predicted molar refractivity (Wildman–Crippen MR) is 70.5 cm³/mol. The molecule has 0 fully saturated rings. The van der Waals surface area contributed by atoms with Crippen LogP contribution in [-0.2, 0) is 16.1 Å². The Morgan fingerprint density at radius 2 is 1.94 bits per heavy atom. The molecule has 0 amide bonds. The molecule has 4 nitrogen and oxygen atoms in total. The van der Waals surface area contributed by atoms with E-state index in [-0.39, 0.29) is 12.5 Å². The minimum Gasteiger partial charge on any atom is -0.497 e. The molecule has 0 saturated carbocycles. The molecule has 0 unspecified atom stereocenters. The second kappa shape index (κ2) is 7.71. The van der Waals surface area contributed by atoms with E-state index in [1.165, 1.54) is 0 Å². The van der Waals surface area contributed by atoms with Crippen molar-refractivity contribution >= 4 is 5.97 Å². The van der Waals surface area contributed by atoms with Gasteiger partial charge in [0.25, 0.3) is 0 Å². The summed E-state index contributed by atoms with van der Waals surface area (Å²) in [6.07, 6.45) is 0. The van der Waals surface area contributed by atoms with Crippen molar-refractivity contribution < 1.29 is 14.3 Å². The van der Waals surface area contributed by atoms with Crippen LogP contribution in [0, 0.1) is 5.92 Å². The Labute approximate surface area is 108 Å². The van der Waals surface area contributed by atoms with E-state index in [4.69, 9.17) is 9.47 Å². The molecule has 1 N–H and O–H groups in total. The zero-order valence-electron chi connectivity index (χ0n) is 11.2. The first-order valence-electron chi connectivity index (χ1n) is 6.11. The van der Waals surface area contributed by atoms with Gasteiger partial charge in [0.1, 0.15) is 12.4 Å². The topological polar surface area (TPSA) is 47.6 Å². The molecule has 0 atom stereocenters. The van der Waals surface area contributed by atoms with E-state index in [9.17, 15) is 4.79 Å². The molecule has 0 saturated heterocycles. The smallest absolute Gasteiger partial charge is 0.320 e. The first kappa shape index (κ1) is 14.5. The van der Waals surface area contributed by atoms with E-state index >= 15 is 0 Å². The highest BCUT2D eigenvalue weighted by atomic mass is 16.5. The third kappa shape index (κ3) is 5.68. The highest BCUT2D eigenvalue weighted by Gasteiger charge is 2.03. The maximum Gasteiger partial charge on any atom is 0.320 e. The van der Waals surface area contributed by atoms with Gasteiger partial charge in [0, 0.05) is 0 Å². The van der Waals surface area contributed by atoms with Crippen LogP contribution in [0.5, 0.6) is 5.75 Å². The molecule has 0 heterocycles. The van der Waals surface area contributed by atoms with Crippen LogP contribution in [-0.4, -0.2) is 26.2 Å². The van der Waals surface area contributed by atoms with Gasteiger partial charge in [-0.05, 0) is 30.2 Å². The minimum absolute atomic E-state index is 0.230. The van der Waals surface area contributed by atoms with Crippen molar-refractivity contribution in [2.24, 2.45) is 5.92 Å². The normalized spacial score (nSPS) is 10.4. The molecule has 0 aliphatic rings. The van der Waals surface area contributed by atoms with Crippen LogP contribution in [0.4, 0.5) is 0 Å². The summed E-state index contributed by atoms with van der Waals surface area (Å²) in [5.74, 6) is 1.09. The van der Waals surface area contributed by atoms with Crippen LogP contribution in [0.15, 0.2) is 24.3 Å². The predicted octanol–water partition coefficient (Wildman–Crippen LogP) is 1.98. The van der Waals surface area contributed by atoms with E-state index in [0.29, 0.717) is 12.5 Å². The van der Waals surface area contributed by atoms with Crippen LogP contribution in [0.25, 0.3) is 0 Å². The number of carbonyl (C=O) groups is 1. The van der Waals surface area contributed by atoms with Gasteiger partial charge in [0.15, 0.2) is 0 Å². The van der Waals surface area contributed by atoms with Gasteiger partial charge in [-0.1, -0.05) is 26.0 Å². The van der Waals surface area contributed by atoms with E-state index in [2.05, 4.69) is 19.2 Å². The van der Waals surface area contributed by atoms with Crippen LogP contribution >= 0.6 is 0 Å². The lowest BCUT2D eigenvalue weighted by Crippen LogP contribution is -2.27. The Morgan fingerprint density at radius 3 is 2.50 bits per heavy atom. The molecule has 1 aromatic rings. The number of esters is 1. The molecule has 0 spiro atoms. The summed E-state index contributed by atoms with van der Waals surface area (Å²) in [5, 5.41) is 3.04. The number of hydrogen-bond donors (Lipinski definition) is 1. The molecule has 4 heteroatoms. The number of carbonyl (C=O) groups excluding carboxylic acids is 1. The summed E-state index contributed by atoms with van der Waals surface area (Å²) in [6, 6.07) is 7.46. The van der Waals surface area contributed by atoms with E-state index in [1.54, 1.807) is 7.11 Å². The molecule has 0 aliphatic heterocycles. The number of methoxy groups -OCH3 is 1. The number of benzene rings is 1. The molecule has 0 radical (unpaired) electrons. The quantitative estimate of drug-likeness (QED) is 0.753. The van der Waals surface area contributed by atoms with Gasteiger partial charge in [-0.15, -0.1) is 0 Å². The number of rotatable bonds is 7. The Hall–Kier alpha value is -1.55. The van der Waals surface area contributed by atoms with Gasteiger partial charge in [0.2, 0.25) is 0 Å². The monoisotopic (exact) mass is 251 g/mol. The van der Waals surface area contributed by atoms with Gasteiger partial charge in [-0.2, -0.15) is 0 Å². The molecular formula is C14H21NO3. The second-order valence-corrected chi connectivity index (χ2v) is 4.53. The molecule has 1 rings (SSSR count). The Morgan fingerprint density at radius 1 is 1.28 bits per heavy atom. The summed E-state index contributed by atoms with van der Waals surface area (Å²) in [4.78, 5) is 11.4.